The van der Waals surface area contributed by atoms with Crippen molar-refractivity contribution in [3.8, 4) is 0 Å². The minimum atomic E-state index is -0.705. The number of ether oxygens (including phenoxy) is 1. The number of hydrogen-bond donors (Lipinski definition) is 3. The molecule has 2 aromatic rings. The third kappa shape index (κ3) is 1.78. The molecule has 0 radical (unpaired) electrons. The zero-order chi connectivity index (χ0) is 13.6. The lowest BCUT2D eigenvalue weighted by molar-refractivity contribution is -0.0489. The van der Waals surface area contributed by atoms with E-state index < -0.39 is 12.3 Å². The van der Waals surface area contributed by atoms with Crippen LogP contribution in [-0.4, -0.2) is 43.6 Å². The molecule has 19 heavy (non-hydrogen) atoms. The van der Waals surface area contributed by atoms with Crippen molar-refractivity contribution in [3.63, 3.8) is 0 Å². The number of imidazole rings is 1. The molecule has 0 bridgehead atoms. The van der Waals surface area contributed by atoms with Gasteiger partial charge in [-0.05, 0) is 6.07 Å². The molecule has 1 saturated heterocycles. The first-order valence-electron chi connectivity index (χ1n) is 6.15. The van der Waals surface area contributed by atoms with E-state index in [4.69, 9.17) is 10.5 Å². The lowest BCUT2D eigenvalue weighted by Gasteiger charge is -2.17. The largest absolute Gasteiger partial charge is 0.394 e. The third-order valence-electron chi connectivity index (χ3n) is 3.71. The van der Waals surface area contributed by atoms with Gasteiger partial charge in [0.25, 0.3) is 0 Å². The van der Waals surface area contributed by atoms with E-state index in [1.165, 1.54) is 0 Å². The fourth-order valence-corrected chi connectivity index (χ4v) is 2.49. The number of anilines is 1. The van der Waals surface area contributed by atoms with E-state index in [1.807, 2.05) is 6.92 Å². The predicted molar refractivity (Wildman–Crippen MR) is 68.1 cm³/mol. The molecule has 3 rings (SSSR count). The highest BCUT2D eigenvalue weighted by atomic mass is 16.5. The van der Waals surface area contributed by atoms with Crippen LogP contribution in [0.1, 0.15) is 13.2 Å². The van der Waals surface area contributed by atoms with Gasteiger partial charge in [-0.1, -0.05) is 6.92 Å². The van der Waals surface area contributed by atoms with Gasteiger partial charge in [0.2, 0.25) is 0 Å². The zero-order valence-electron chi connectivity index (χ0n) is 10.5. The highest BCUT2D eigenvalue weighted by molar-refractivity contribution is 5.84. The summed E-state index contributed by atoms with van der Waals surface area (Å²) >= 11 is 0. The molecule has 1 aliphatic heterocycles. The molecular weight excluding hydrogens is 248 g/mol. The summed E-state index contributed by atoms with van der Waals surface area (Å²) < 4.78 is 7.42. The third-order valence-corrected chi connectivity index (χ3v) is 3.71. The topological polar surface area (TPSA) is 106 Å². The summed E-state index contributed by atoms with van der Waals surface area (Å²) in [4.78, 5) is 8.17. The van der Waals surface area contributed by atoms with Gasteiger partial charge in [-0.2, -0.15) is 0 Å². The van der Waals surface area contributed by atoms with Gasteiger partial charge in [0.05, 0.1) is 24.6 Å². The van der Waals surface area contributed by atoms with Gasteiger partial charge in [-0.15, -0.1) is 0 Å². The summed E-state index contributed by atoms with van der Waals surface area (Å²) in [6, 6.07) is 1.77. The fourth-order valence-electron chi connectivity index (χ4n) is 2.49. The predicted octanol–water partition coefficient (Wildman–Crippen LogP) is -0.0998. The Bertz CT molecular complexity index is 600. The lowest BCUT2D eigenvalue weighted by Crippen LogP contribution is -2.25. The van der Waals surface area contributed by atoms with Crippen molar-refractivity contribution in [3.05, 3.63) is 18.6 Å². The van der Waals surface area contributed by atoms with Gasteiger partial charge in [-0.3, -0.25) is 0 Å². The van der Waals surface area contributed by atoms with Gasteiger partial charge in [0, 0.05) is 12.1 Å². The molecule has 4 atom stereocenters. The van der Waals surface area contributed by atoms with Gasteiger partial charge in [-0.25, -0.2) is 9.97 Å². The van der Waals surface area contributed by atoms with E-state index in [0.717, 1.165) is 5.52 Å². The molecule has 0 aromatic carbocycles. The van der Waals surface area contributed by atoms with Crippen molar-refractivity contribution in [2.75, 3.05) is 12.3 Å². The number of aliphatic hydroxyl groups excluding tert-OH is 2. The molecule has 3 heterocycles. The second-order valence-electron chi connectivity index (χ2n) is 4.81. The van der Waals surface area contributed by atoms with Crippen LogP contribution in [0, 0.1) is 5.92 Å². The number of hydrogen-bond acceptors (Lipinski definition) is 6. The van der Waals surface area contributed by atoms with E-state index in [2.05, 4.69) is 9.97 Å². The second-order valence-corrected chi connectivity index (χ2v) is 4.81. The monoisotopic (exact) mass is 264 g/mol. The Morgan fingerprint density at radius 3 is 2.95 bits per heavy atom. The summed E-state index contributed by atoms with van der Waals surface area (Å²) in [6.45, 7) is 1.73. The molecule has 102 valence electrons. The Hall–Kier alpha value is -1.70. The molecule has 1 aliphatic rings. The standard InChI is InChI=1S/C12H16N4O3/c1-6-8(4-17)19-12(10(6)18)16-5-15-9-7(16)2-3-14-11(9)13/h2-3,5-6,8,10,12,17-18H,4H2,1H3,(H2,13,14). The molecule has 7 nitrogen and oxygen atoms in total. The summed E-state index contributed by atoms with van der Waals surface area (Å²) in [5.41, 5.74) is 7.09. The number of pyridine rings is 1. The Morgan fingerprint density at radius 2 is 2.26 bits per heavy atom. The molecule has 0 amide bonds. The minimum Gasteiger partial charge on any atom is -0.394 e. The SMILES string of the molecule is CC1C(CO)OC(n2cnc3c(N)nccc32)C1O. The molecule has 4 N–H and O–H groups in total. The molecule has 7 heteroatoms. The molecule has 4 unspecified atom stereocenters. The maximum atomic E-state index is 10.2. The number of nitrogens with zero attached hydrogens (tertiary/aromatic N) is 3. The molecule has 2 aromatic heterocycles. The van der Waals surface area contributed by atoms with Crippen LogP contribution >= 0.6 is 0 Å². The number of aliphatic hydroxyl groups is 2. The van der Waals surface area contributed by atoms with Gasteiger partial charge in [0.15, 0.2) is 12.0 Å². The van der Waals surface area contributed by atoms with E-state index in [-0.39, 0.29) is 18.6 Å². The maximum absolute atomic E-state index is 10.2. The van der Waals surface area contributed by atoms with E-state index in [1.54, 1.807) is 23.2 Å². The Labute approximate surface area is 109 Å². The van der Waals surface area contributed by atoms with Crippen LogP contribution in [0.2, 0.25) is 0 Å². The fraction of sp³-hybridized carbons (Fsp3) is 0.500. The van der Waals surface area contributed by atoms with Crippen LogP contribution in [0.5, 0.6) is 0 Å². The van der Waals surface area contributed by atoms with Gasteiger partial charge < -0.3 is 25.3 Å². The molecule has 0 spiro atoms. The second kappa shape index (κ2) is 4.44. The smallest absolute Gasteiger partial charge is 0.162 e. The van der Waals surface area contributed by atoms with E-state index >= 15 is 0 Å². The number of nitrogen functional groups attached to an aromatic ring is 1. The average molecular weight is 264 g/mol. The summed E-state index contributed by atoms with van der Waals surface area (Å²) in [6.07, 6.45) is 1.51. The first-order valence-corrected chi connectivity index (χ1v) is 6.15. The zero-order valence-corrected chi connectivity index (χ0v) is 10.5. The van der Waals surface area contributed by atoms with Crippen LogP contribution in [0.4, 0.5) is 5.82 Å². The van der Waals surface area contributed by atoms with Crippen LogP contribution in [0.3, 0.4) is 0 Å². The van der Waals surface area contributed by atoms with Gasteiger partial charge >= 0.3 is 0 Å². The van der Waals surface area contributed by atoms with E-state index in [9.17, 15) is 10.2 Å². The lowest BCUT2D eigenvalue weighted by atomic mass is 10.0. The number of aromatic nitrogens is 3. The summed E-state index contributed by atoms with van der Waals surface area (Å²) in [5.74, 6) is 0.196. The Morgan fingerprint density at radius 1 is 1.47 bits per heavy atom. The van der Waals surface area contributed by atoms with Crippen LogP contribution in [0.15, 0.2) is 18.6 Å². The Kier molecular flexibility index (Phi) is 2.89. The van der Waals surface area contributed by atoms with Crippen molar-refractivity contribution < 1.29 is 14.9 Å². The van der Waals surface area contributed by atoms with Crippen LogP contribution in [-0.2, 0) is 4.74 Å². The molecule has 0 aliphatic carbocycles. The quantitative estimate of drug-likeness (QED) is 0.699. The van der Waals surface area contributed by atoms with Crippen molar-refractivity contribution in [2.24, 2.45) is 5.92 Å². The Balaban J connectivity index is 2.04. The van der Waals surface area contributed by atoms with Crippen molar-refractivity contribution in [1.29, 1.82) is 0 Å². The number of fused-ring (bicyclic) bond motifs is 1. The minimum absolute atomic E-state index is 0.120. The van der Waals surface area contributed by atoms with Crippen molar-refractivity contribution in [2.45, 2.75) is 25.4 Å². The molecular formula is C12H16N4O3. The highest BCUT2D eigenvalue weighted by Gasteiger charge is 2.41. The van der Waals surface area contributed by atoms with E-state index in [0.29, 0.717) is 11.3 Å². The van der Waals surface area contributed by atoms with Crippen molar-refractivity contribution in [1.82, 2.24) is 14.5 Å². The van der Waals surface area contributed by atoms with Crippen molar-refractivity contribution >= 4 is 16.9 Å². The first-order chi connectivity index (χ1) is 9.13. The molecule has 1 fully saturated rings. The first kappa shape index (κ1) is 12.3. The highest BCUT2D eigenvalue weighted by Crippen LogP contribution is 2.35. The number of nitrogens with two attached hydrogens (primary N) is 1. The maximum Gasteiger partial charge on any atom is 0.162 e. The van der Waals surface area contributed by atoms with Crippen LogP contribution in [0.25, 0.3) is 11.0 Å². The normalized spacial score (nSPS) is 31.1. The summed E-state index contributed by atoms with van der Waals surface area (Å²) in [5, 5.41) is 19.5. The summed E-state index contributed by atoms with van der Waals surface area (Å²) in [7, 11) is 0. The van der Waals surface area contributed by atoms with Gasteiger partial charge in [0.1, 0.15) is 11.6 Å². The molecule has 0 saturated carbocycles. The average Bonchev–Trinajstić information content (AvgIpc) is 2.94. The van der Waals surface area contributed by atoms with Crippen LogP contribution < -0.4 is 5.73 Å². The number of rotatable bonds is 2.